The van der Waals surface area contributed by atoms with E-state index in [1.807, 2.05) is 30.3 Å². The normalized spacial score (nSPS) is 11.0. The summed E-state index contributed by atoms with van der Waals surface area (Å²) in [6.45, 7) is 5.40. The minimum absolute atomic E-state index is 0.357. The van der Waals surface area contributed by atoms with Gasteiger partial charge in [-0.15, -0.1) is 0 Å². The fourth-order valence-electron chi connectivity index (χ4n) is 2.54. The van der Waals surface area contributed by atoms with Gasteiger partial charge in [-0.3, -0.25) is 0 Å². The van der Waals surface area contributed by atoms with Crippen molar-refractivity contribution in [1.29, 1.82) is 0 Å². The molecule has 3 heteroatoms. The van der Waals surface area contributed by atoms with Crippen LogP contribution < -0.4 is 5.32 Å². The molecule has 0 radical (unpaired) electrons. The van der Waals surface area contributed by atoms with Gasteiger partial charge in [-0.05, 0) is 29.9 Å². The molecule has 0 heterocycles. The van der Waals surface area contributed by atoms with Gasteiger partial charge in [0.2, 0.25) is 0 Å². The Kier molecular flexibility index (Phi) is 5.20. The van der Waals surface area contributed by atoms with E-state index in [0.29, 0.717) is 5.56 Å². The standard InChI is InChI=1S/C18H23NO2/c1-13(2)7-5-6-12-19-17-11-10-16(18(20)21)14-8-3-4-9-15(14)17/h3-4,8-11,13,19H,5-7,12H2,1-2H3,(H,20,21). The van der Waals surface area contributed by atoms with Gasteiger partial charge in [0.25, 0.3) is 0 Å². The molecule has 2 N–H and O–H groups in total. The van der Waals surface area contributed by atoms with Gasteiger partial charge < -0.3 is 10.4 Å². The first-order chi connectivity index (χ1) is 10.1. The number of rotatable bonds is 7. The largest absolute Gasteiger partial charge is 0.478 e. The molecule has 0 spiro atoms. The molecule has 0 fully saturated rings. The van der Waals surface area contributed by atoms with E-state index < -0.39 is 5.97 Å². The summed E-state index contributed by atoms with van der Waals surface area (Å²) in [4.78, 5) is 11.3. The number of hydrogen-bond donors (Lipinski definition) is 2. The third kappa shape index (κ3) is 3.97. The predicted octanol–water partition coefficient (Wildman–Crippen LogP) is 4.78. The maximum atomic E-state index is 11.3. The van der Waals surface area contributed by atoms with Crippen LogP contribution in [0, 0.1) is 5.92 Å². The molecule has 3 nitrogen and oxygen atoms in total. The second-order valence-electron chi connectivity index (χ2n) is 5.83. The molecule has 0 saturated heterocycles. The van der Waals surface area contributed by atoms with Gasteiger partial charge in [0, 0.05) is 17.6 Å². The van der Waals surface area contributed by atoms with Crippen molar-refractivity contribution in [3.63, 3.8) is 0 Å². The van der Waals surface area contributed by atoms with Crippen LogP contribution in [0.4, 0.5) is 5.69 Å². The number of unbranched alkanes of at least 4 members (excludes halogenated alkanes) is 1. The minimum atomic E-state index is -0.880. The highest BCUT2D eigenvalue weighted by molar-refractivity contribution is 6.07. The molecule has 2 aromatic carbocycles. The van der Waals surface area contributed by atoms with Gasteiger partial charge in [0.1, 0.15) is 0 Å². The maximum absolute atomic E-state index is 11.3. The maximum Gasteiger partial charge on any atom is 0.336 e. The van der Waals surface area contributed by atoms with E-state index in [0.717, 1.165) is 35.3 Å². The molecule has 0 aromatic heterocycles. The van der Waals surface area contributed by atoms with Gasteiger partial charge in [0.15, 0.2) is 0 Å². The van der Waals surface area contributed by atoms with Crippen LogP contribution in [0.5, 0.6) is 0 Å². The summed E-state index contributed by atoms with van der Waals surface area (Å²) in [6, 6.07) is 11.2. The van der Waals surface area contributed by atoms with Crippen LogP contribution in [0.15, 0.2) is 36.4 Å². The smallest absolute Gasteiger partial charge is 0.336 e. The third-order valence-electron chi connectivity index (χ3n) is 3.68. The van der Waals surface area contributed by atoms with Crippen LogP contribution in [0.25, 0.3) is 10.8 Å². The van der Waals surface area contributed by atoms with Crippen LogP contribution in [0.2, 0.25) is 0 Å². The minimum Gasteiger partial charge on any atom is -0.478 e. The number of nitrogens with one attached hydrogen (secondary N) is 1. The van der Waals surface area contributed by atoms with Crippen molar-refractivity contribution in [3.05, 3.63) is 42.0 Å². The Morgan fingerprint density at radius 2 is 1.81 bits per heavy atom. The number of anilines is 1. The average Bonchev–Trinajstić information content (AvgIpc) is 2.46. The predicted molar refractivity (Wildman–Crippen MR) is 88.1 cm³/mol. The molecule has 0 atom stereocenters. The number of hydrogen-bond acceptors (Lipinski definition) is 2. The number of carboxylic acids is 1. The van der Waals surface area contributed by atoms with Crippen molar-refractivity contribution in [2.24, 2.45) is 5.92 Å². The van der Waals surface area contributed by atoms with Crippen molar-refractivity contribution >= 4 is 22.4 Å². The molecule has 2 aromatic rings. The Morgan fingerprint density at radius 3 is 2.48 bits per heavy atom. The summed E-state index contributed by atoms with van der Waals surface area (Å²) in [5.74, 6) is -0.129. The zero-order chi connectivity index (χ0) is 15.2. The first-order valence-corrected chi connectivity index (χ1v) is 7.58. The number of aromatic carboxylic acids is 1. The molecule has 0 amide bonds. The fourth-order valence-corrected chi connectivity index (χ4v) is 2.54. The molecule has 112 valence electrons. The van der Waals surface area contributed by atoms with E-state index in [2.05, 4.69) is 19.2 Å². The molecule has 0 bridgehead atoms. The van der Waals surface area contributed by atoms with Crippen molar-refractivity contribution < 1.29 is 9.90 Å². The van der Waals surface area contributed by atoms with Crippen molar-refractivity contribution in [1.82, 2.24) is 0 Å². The van der Waals surface area contributed by atoms with Crippen molar-refractivity contribution in [2.45, 2.75) is 33.1 Å². The molecular weight excluding hydrogens is 262 g/mol. The highest BCUT2D eigenvalue weighted by Gasteiger charge is 2.10. The van der Waals surface area contributed by atoms with E-state index in [1.165, 1.54) is 12.8 Å². The highest BCUT2D eigenvalue weighted by atomic mass is 16.4. The lowest BCUT2D eigenvalue weighted by Crippen LogP contribution is -2.04. The first kappa shape index (κ1) is 15.4. The summed E-state index contributed by atoms with van der Waals surface area (Å²) in [6.07, 6.45) is 3.60. The van der Waals surface area contributed by atoms with Crippen LogP contribution in [0.1, 0.15) is 43.5 Å². The van der Waals surface area contributed by atoms with Crippen molar-refractivity contribution in [3.8, 4) is 0 Å². The number of fused-ring (bicyclic) bond motifs is 1. The summed E-state index contributed by atoms with van der Waals surface area (Å²) < 4.78 is 0. The Labute approximate surface area is 126 Å². The van der Waals surface area contributed by atoms with Crippen molar-refractivity contribution in [2.75, 3.05) is 11.9 Å². The monoisotopic (exact) mass is 285 g/mol. The van der Waals surface area contributed by atoms with Crippen LogP contribution in [0.3, 0.4) is 0 Å². The number of carbonyl (C=O) groups is 1. The van der Waals surface area contributed by atoms with E-state index in [1.54, 1.807) is 6.07 Å². The quantitative estimate of drug-likeness (QED) is 0.720. The average molecular weight is 285 g/mol. The lowest BCUT2D eigenvalue weighted by Gasteiger charge is -2.12. The third-order valence-corrected chi connectivity index (χ3v) is 3.68. The number of carboxylic acid groups (broad SMARTS) is 1. The van der Waals surface area contributed by atoms with E-state index in [9.17, 15) is 9.90 Å². The van der Waals surface area contributed by atoms with Gasteiger partial charge in [-0.25, -0.2) is 4.79 Å². The molecule has 0 aliphatic heterocycles. The zero-order valence-corrected chi connectivity index (χ0v) is 12.7. The van der Waals surface area contributed by atoms with Crippen LogP contribution >= 0.6 is 0 Å². The lowest BCUT2D eigenvalue weighted by atomic mass is 10.0. The van der Waals surface area contributed by atoms with Gasteiger partial charge in [-0.1, -0.05) is 51.0 Å². The van der Waals surface area contributed by atoms with Gasteiger partial charge in [-0.2, -0.15) is 0 Å². The second-order valence-corrected chi connectivity index (χ2v) is 5.83. The molecule has 0 unspecified atom stereocenters. The molecule has 0 aliphatic carbocycles. The molecule has 2 rings (SSSR count). The SMILES string of the molecule is CC(C)CCCCNc1ccc(C(=O)O)c2ccccc12. The summed E-state index contributed by atoms with van der Waals surface area (Å²) in [5, 5.41) is 14.4. The summed E-state index contributed by atoms with van der Waals surface area (Å²) in [5.41, 5.74) is 1.37. The topological polar surface area (TPSA) is 49.3 Å². The summed E-state index contributed by atoms with van der Waals surface area (Å²) in [7, 11) is 0. The van der Waals surface area contributed by atoms with E-state index >= 15 is 0 Å². The van der Waals surface area contributed by atoms with Crippen LogP contribution in [-0.4, -0.2) is 17.6 Å². The lowest BCUT2D eigenvalue weighted by molar-refractivity contribution is 0.0699. The van der Waals surface area contributed by atoms with E-state index in [-0.39, 0.29) is 0 Å². The summed E-state index contributed by atoms with van der Waals surface area (Å²) >= 11 is 0. The number of benzene rings is 2. The first-order valence-electron chi connectivity index (χ1n) is 7.58. The second kappa shape index (κ2) is 7.11. The van der Waals surface area contributed by atoms with Crippen LogP contribution in [-0.2, 0) is 0 Å². The van der Waals surface area contributed by atoms with Gasteiger partial charge >= 0.3 is 5.97 Å². The zero-order valence-electron chi connectivity index (χ0n) is 12.7. The molecule has 0 aliphatic rings. The Hall–Kier alpha value is -2.03. The Bertz CT molecular complexity index is 620. The molecule has 21 heavy (non-hydrogen) atoms. The Balaban J connectivity index is 2.11. The van der Waals surface area contributed by atoms with E-state index in [4.69, 9.17) is 0 Å². The highest BCUT2D eigenvalue weighted by Crippen LogP contribution is 2.26. The fraction of sp³-hybridized carbons (Fsp3) is 0.389. The Morgan fingerprint density at radius 1 is 1.10 bits per heavy atom. The molecular formula is C18H23NO2. The molecule has 0 saturated carbocycles. The van der Waals surface area contributed by atoms with Gasteiger partial charge in [0.05, 0.1) is 5.56 Å².